The van der Waals surface area contributed by atoms with Gasteiger partial charge in [-0.2, -0.15) is 0 Å². The molecule has 0 aliphatic carbocycles. The van der Waals surface area contributed by atoms with Crippen molar-refractivity contribution in [3.8, 4) is 0 Å². The van der Waals surface area contributed by atoms with Crippen LogP contribution in [0.3, 0.4) is 0 Å². The van der Waals surface area contributed by atoms with Gasteiger partial charge in [-0.25, -0.2) is 0 Å². The minimum Gasteiger partial charge on any atom is -0.398 e. The van der Waals surface area contributed by atoms with Crippen LogP contribution in [0.15, 0.2) is 18.1 Å². The zero-order valence-corrected chi connectivity index (χ0v) is 4.68. The molecule has 2 heteroatoms. The first-order valence-electron chi connectivity index (χ1n) is 2.06. The van der Waals surface area contributed by atoms with E-state index in [2.05, 4.69) is 5.73 Å². The second-order valence-corrected chi connectivity index (χ2v) is 1.43. The van der Waals surface area contributed by atoms with Gasteiger partial charge in [0.1, 0.15) is 0 Å². The third-order valence-electron chi connectivity index (χ3n) is 0.429. The molecule has 0 aromatic rings. The third kappa shape index (κ3) is 5.12. The Hall–Kier alpha value is -0.880. The van der Waals surface area contributed by atoms with Gasteiger partial charge in [-0.15, -0.1) is 0 Å². The molecule has 0 atom stereocenters. The first kappa shape index (κ1) is 6.12. The zero-order valence-electron chi connectivity index (χ0n) is 4.68. The van der Waals surface area contributed by atoms with Crippen LogP contribution in [0.2, 0.25) is 0 Å². The maximum Gasteiger partial charge on any atom is 0.0433 e. The summed E-state index contributed by atoms with van der Waals surface area (Å²) in [4.78, 5) is 1.86. The van der Waals surface area contributed by atoms with Crippen LogP contribution in [0.25, 0.3) is 0 Å². The van der Waals surface area contributed by atoms with E-state index < -0.39 is 0 Å². The number of hydrogen-bond donors (Lipinski definition) is 1. The van der Waals surface area contributed by atoms with Gasteiger partial charge < -0.3 is 10.6 Å². The summed E-state index contributed by atoms with van der Waals surface area (Å²) in [6, 6.07) is 0. The molecule has 0 aromatic heterocycles. The van der Waals surface area contributed by atoms with Crippen LogP contribution >= 0.6 is 0 Å². The summed E-state index contributed by atoms with van der Waals surface area (Å²) in [5.41, 5.74) is 7.68. The van der Waals surface area contributed by atoms with E-state index in [1.165, 1.54) is 6.20 Å². The van der Waals surface area contributed by atoms with E-state index in [-0.39, 0.29) is 0 Å². The highest BCUT2D eigenvalue weighted by Gasteiger charge is 1.66. The number of nitrogens with two attached hydrogens (primary N) is 1. The molecular formula is C5H10N2. The lowest BCUT2D eigenvalue weighted by Gasteiger charge is -1.98. The van der Waals surface area contributed by atoms with Crippen molar-refractivity contribution in [2.45, 2.75) is 0 Å². The fourth-order valence-corrected chi connectivity index (χ4v) is 0.192. The molecule has 7 heavy (non-hydrogen) atoms. The topological polar surface area (TPSA) is 29.3 Å². The number of nitrogens with zero attached hydrogens (tertiary/aromatic N) is 1. The molecule has 0 heterocycles. The lowest BCUT2D eigenvalue weighted by atomic mass is 10.7. The lowest BCUT2D eigenvalue weighted by Crippen LogP contribution is -1.98. The fourth-order valence-electron chi connectivity index (χ4n) is 0.192. The Labute approximate surface area is 43.9 Å². The van der Waals surface area contributed by atoms with Crippen LogP contribution in [0, 0.1) is 0 Å². The normalized spacial score (nSPS) is 6.57. The largest absolute Gasteiger partial charge is 0.398 e. The van der Waals surface area contributed by atoms with Crippen LogP contribution in [0.1, 0.15) is 0 Å². The summed E-state index contributed by atoms with van der Waals surface area (Å²) >= 11 is 0. The average Bonchev–Trinajstić information content (AvgIpc) is 1.61. The van der Waals surface area contributed by atoms with Crippen LogP contribution in [-0.2, 0) is 0 Å². The van der Waals surface area contributed by atoms with Gasteiger partial charge in [0, 0.05) is 26.5 Å². The Balaban J connectivity index is 3.46. The van der Waals surface area contributed by atoms with Gasteiger partial charge >= 0.3 is 0 Å². The summed E-state index contributed by atoms with van der Waals surface area (Å²) in [6.07, 6.45) is 3.12. The van der Waals surface area contributed by atoms with E-state index >= 15 is 0 Å². The number of hydrogen-bond acceptors (Lipinski definition) is 2. The molecule has 0 fully saturated rings. The Morgan fingerprint density at radius 1 is 1.57 bits per heavy atom. The summed E-state index contributed by atoms with van der Waals surface area (Å²) in [5.74, 6) is 0. The van der Waals surface area contributed by atoms with E-state index in [4.69, 9.17) is 5.73 Å². The Morgan fingerprint density at radius 2 is 2.14 bits per heavy atom. The highest BCUT2D eigenvalue weighted by Crippen LogP contribution is 1.68. The van der Waals surface area contributed by atoms with Crippen LogP contribution in [0.5, 0.6) is 0 Å². The van der Waals surface area contributed by atoms with E-state index in [0.717, 1.165) is 0 Å². The van der Waals surface area contributed by atoms with Crippen molar-refractivity contribution < 1.29 is 0 Å². The van der Waals surface area contributed by atoms with Crippen LogP contribution in [0.4, 0.5) is 0 Å². The predicted octanol–water partition coefficient (Wildman–Crippen LogP) is 0.133. The smallest absolute Gasteiger partial charge is 0.0433 e. The monoisotopic (exact) mass is 98.1 g/mol. The number of rotatable bonds is 1. The van der Waals surface area contributed by atoms with Gasteiger partial charge in [0.05, 0.1) is 0 Å². The molecular weight excluding hydrogens is 88.1 g/mol. The first-order chi connectivity index (χ1) is 3.27. The molecule has 0 amide bonds. The summed E-state index contributed by atoms with van der Waals surface area (Å²) < 4.78 is 0. The molecule has 0 radical (unpaired) electrons. The van der Waals surface area contributed by atoms with Crippen molar-refractivity contribution in [1.29, 1.82) is 0 Å². The molecule has 2 N–H and O–H groups in total. The van der Waals surface area contributed by atoms with E-state index in [1.807, 2.05) is 19.0 Å². The summed E-state index contributed by atoms with van der Waals surface area (Å²) in [6.45, 7) is 0. The van der Waals surface area contributed by atoms with Gasteiger partial charge in [0.2, 0.25) is 0 Å². The lowest BCUT2D eigenvalue weighted by molar-refractivity contribution is 0.565. The SMILES string of the molecule is CN(C)C=C=CN. The van der Waals surface area contributed by atoms with Gasteiger partial charge in [-0.1, -0.05) is 5.73 Å². The first-order valence-corrected chi connectivity index (χ1v) is 2.06. The quantitative estimate of drug-likeness (QED) is 0.472. The minimum absolute atomic E-state index is 1.38. The van der Waals surface area contributed by atoms with Crippen LogP contribution < -0.4 is 5.73 Å². The van der Waals surface area contributed by atoms with Gasteiger partial charge in [-0.05, 0) is 0 Å². The molecule has 0 aliphatic rings. The Bertz CT molecular complexity index is 88.3. The van der Waals surface area contributed by atoms with E-state index in [9.17, 15) is 0 Å². The molecule has 0 spiro atoms. The molecule has 0 unspecified atom stereocenters. The van der Waals surface area contributed by atoms with Crippen molar-refractivity contribution in [2.24, 2.45) is 5.73 Å². The molecule has 40 valence electrons. The molecule has 0 aliphatic heterocycles. The Morgan fingerprint density at radius 3 is 2.29 bits per heavy atom. The molecule has 0 rings (SSSR count). The molecule has 0 saturated heterocycles. The standard InChI is InChI=1S/C5H10N2/c1-7(2)5-3-4-6/h4-5H,6H2,1-2H3. The van der Waals surface area contributed by atoms with Gasteiger partial charge in [0.25, 0.3) is 0 Å². The molecule has 0 bridgehead atoms. The molecule has 2 nitrogen and oxygen atoms in total. The summed E-state index contributed by atoms with van der Waals surface area (Å²) in [7, 11) is 3.83. The summed E-state index contributed by atoms with van der Waals surface area (Å²) in [5, 5.41) is 0. The fraction of sp³-hybridized carbons (Fsp3) is 0.400. The maximum atomic E-state index is 4.98. The van der Waals surface area contributed by atoms with Crippen LogP contribution in [-0.4, -0.2) is 19.0 Å². The second-order valence-electron chi connectivity index (χ2n) is 1.43. The van der Waals surface area contributed by atoms with Crippen molar-refractivity contribution in [3.05, 3.63) is 18.1 Å². The highest BCUT2D eigenvalue weighted by molar-refractivity contribution is 4.77. The van der Waals surface area contributed by atoms with Crippen molar-refractivity contribution in [3.63, 3.8) is 0 Å². The average molecular weight is 98.1 g/mol. The highest BCUT2D eigenvalue weighted by atomic mass is 15.0. The molecule has 0 saturated carbocycles. The van der Waals surface area contributed by atoms with E-state index in [0.29, 0.717) is 0 Å². The predicted molar refractivity (Wildman–Crippen MR) is 30.5 cm³/mol. The van der Waals surface area contributed by atoms with Gasteiger partial charge in [-0.3, -0.25) is 0 Å². The van der Waals surface area contributed by atoms with E-state index in [1.54, 1.807) is 6.20 Å². The second kappa shape index (κ2) is 3.32. The van der Waals surface area contributed by atoms with Crippen molar-refractivity contribution in [1.82, 2.24) is 4.90 Å². The van der Waals surface area contributed by atoms with Crippen molar-refractivity contribution in [2.75, 3.05) is 14.1 Å². The molecule has 0 aromatic carbocycles. The minimum atomic E-state index is 1.38. The van der Waals surface area contributed by atoms with Crippen molar-refractivity contribution >= 4 is 0 Å². The maximum absolute atomic E-state index is 4.98. The third-order valence-corrected chi connectivity index (χ3v) is 0.429. The van der Waals surface area contributed by atoms with Gasteiger partial charge in [0.15, 0.2) is 0 Å². The Kier molecular flexibility index (Phi) is 2.90. The zero-order chi connectivity index (χ0) is 5.70.